The van der Waals surface area contributed by atoms with Gasteiger partial charge in [0.25, 0.3) is 0 Å². The van der Waals surface area contributed by atoms with E-state index in [0.717, 1.165) is 6.42 Å². The number of anilines is 1. The van der Waals surface area contributed by atoms with Gasteiger partial charge in [-0.05, 0) is 37.5 Å². The SMILES string of the molecule is Cc1ccc(N)cc1S(=O)(=O)N1CCC[C@@H]1CO. The summed E-state index contributed by atoms with van der Waals surface area (Å²) in [5.74, 6) is 0. The molecule has 0 spiro atoms. The summed E-state index contributed by atoms with van der Waals surface area (Å²) in [6.07, 6.45) is 1.49. The van der Waals surface area contributed by atoms with Crippen LogP contribution in [0.25, 0.3) is 0 Å². The van der Waals surface area contributed by atoms with Crippen molar-refractivity contribution in [3.8, 4) is 0 Å². The van der Waals surface area contributed by atoms with Crippen molar-refractivity contribution < 1.29 is 13.5 Å². The van der Waals surface area contributed by atoms with E-state index in [4.69, 9.17) is 5.73 Å². The summed E-state index contributed by atoms with van der Waals surface area (Å²) in [5.41, 5.74) is 6.76. The average Bonchev–Trinajstić information content (AvgIpc) is 2.81. The second kappa shape index (κ2) is 4.87. The van der Waals surface area contributed by atoms with Crippen LogP contribution >= 0.6 is 0 Å². The van der Waals surface area contributed by atoms with Gasteiger partial charge in [0.15, 0.2) is 0 Å². The van der Waals surface area contributed by atoms with Crippen molar-refractivity contribution in [3.63, 3.8) is 0 Å². The van der Waals surface area contributed by atoms with Gasteiger partial charge in [0.05, 0.1) is 11.5 Å². The lowest BCUT2D eigenvalue weighted by Crippen LogP contribution is -2.37. The fourth-order valence-corrected chi connectivity index (χ4v) is 4.28. The highest BCUT2D eigenvalue weighted by Crippen LogP contribution is 2.28. The van der Waals surface area contributed by atoms with Crippen LogP contribution in [0.1, 0.15) is 18.4 Å². The number of aliphatic hydroxyl groups excluding tert-OH is 1. The lowest BCUT2D eigenvalue weighted by Gasteiger charge is -2.23. The molecule has 3 N–H and O–H groups in total. The zero-order valence-corrected chi connectivity index (χ0v) is 11.2. The summed E-state index contributed by atoms with van der Waals surface area (Å²) in [4.78, 5) is 0.239. The number of nitrogens with two attached hydrogens (primary N) is 1. The molecule has 1 atom stereocenters. The molecule has 0 unspecified atom stereocenters. The quantitative estimate of drug-likeness (QED) is 0.793. The fraction of sp³-hybridized carbons (Fsp3) is 0.500. The van der Waals surface area contributed by atoms with E-state index in [2.05, 4.69) is 0 Å². The van der Waals surface area contributed by atoms with E-state index in [9.17, 15) is 13.5 Å². The third-order valence-electron chi connectivity index (χ3n) is 3.33. The Morgan fingerprint density at radius 3 is 2.89 bits per heavy atom. The van der Waals surface area contributed by atoms with Gasteiger partial charge in [0, 0.05) is 18.3 Å². The molecule has 1 aliphatic rings. The normalized spacial score (nSPS) is 21.3. The number of nitrogens with zero attached hydrogens (tertiary/aromatic N) is 1. The smallest absolute Gasteiger partial charge is 0.243 e. The number of aliphatic hydroxyl groups is 1. The number of aryl methyl sites for hydroxylation is 1. The second-order valence-electron chi connectivity index (χ2n) is 4.62. The van der Waals surface area contributed by atoms with Gasteiger partial charge in [-0.25, -0.2) is 8.42 Å². The predicted octanol–water partition coefficient (Wildman–Crippen LogP) is 0.723. The van der Waals surface area contributed by atoms with Crippen LogP contribution in [0, 0.1) is 6.92 Å². The van der Waals surface area contributed by atoms with E-state index < -0.39 is 10.0 Å². The van der Waals surface area contributed by atoms with Crippen LogP contribution in [-0.2, 0) is 10.0 Å². The lowest BCUT2D eigenvalue weighted by molar-refractivity contribution is 0.213. The summed E-state index contributed by atoms with van der Waals surface area (Å²) < 4.78 is 26.5. The Hall–Kier alpha value is -1.11. The topological polar surface area (TPSA) is 83.6 Å². The molecule has 18 heavy (non-hydrogen) atoms. The number of sulfonamides is 1. The molecule has 0 bridgehead atoms. The molecule has 1 saturated heterocycles. The van der Waals surface area contributed by atoms with Crippen molar-refractivity contribution in [3.05, 3.63) is 23.8 Å². The summed E-state index contributed by atoms with van der Waals surface area (Å²) in [6, 6.07) is 4.56. The zero-order chi connectivity index (χ0) is 13.3. The third-order valence-corrected chi connectivity index (χ3v) is 5.43. The third kappa shape index (κ3) is 2.23. The van der Waals surface area contributed by atoms with Gasteiger partial charge < -0.3 is 10.8 Å². The van der Waals surface area contributed by atoms with Crippen LogP contribution in [0.3, 0.4) is 0 Å². The minimum absolute atomic E-state index is 0.138. The summed E-state index contributed by atoms with van der Waals surface area (Å²) in [7, 11) is -3.56. The highest BCUT2D eigenvalue weighted by atomic mass is 32.2. The standard InChI is InChI=1S/C12H18N2O3S/c1-9-4-5-10(13)7-12(9)18(16,17)14-6-2-3-11(14)8-15/h4-5,7,11,15H,2-3,6,8,13H2,1H3/t11-/m1/s1. The monoisotopic (exact) mass is 270 g/mol. The molecule has 0 aliphatic carbocycles. The maximum Gasteiger partial charge on any atom is 0.243 e. The number of benzene rings is 1. The Kier molecular flexibility index (Phi) is 3.61. The molecule has 1 fully saturated rings. The van der Waals surface area contributed by atoms with Crippen LogP contribution < -0.4 is 5.73 Å². The Balaban J connectivity index is 2.45. The first-order valence-corrected chi connectivity index (χ1v) is 7.39. The zero-order valence-electron chi connectivity index (χ0n) is 10.3. The van der Waals surface area contributed by atoms with E-state index in [1.807, 2.05) is 0 Å². The molecule has 0 radical (unpaired) electrons. The average molecular weight is 270 g/mol. The largest absolute Gasteiger partial charge is 0.399 e. The number of hydrogen-bond acceptors (Lipinski definition) is 4. The van der Waals surface area contributed by atoms with E-state index in [0.29, 0.717) is 24.2 Å². The number of hydrogen-bond donors (Lipinski definition) is 2. The highest BCUT2D eigenvalue weighted by molar-refractivity contribution is 7.89. The first-order chi connectivity index (χ1) is 8.46. The fourth-order valence-electron chi connectivity index (χ4n) is 2.33. The van der Waals surface area contributed by atoms with Crippen molar-refractivity contribution in [2.75, 3.05) is 18.9 Å². The van der Waals surface area contributed by atoms with Crippen molar-refractivity contribution >= 4 is 15.7 Å². The maximum atomic E-state index is 12.5. The van der Waals surface area contributed by atoms with E-state index in [1.165, 1.54) is 10.4 Å². The van der Waals surface area contributed by atoms with E-state index in [-0.39, 0.29) is 17.5 Å². The van der Waals surface area contributed by atoms with Crippen molar-refractivity contribution in [2.45, 2.75) is 30.7 Å². The summed E-state index contributed by atoms with van der Waals surface area (Å²) in [6.45, 7) is 2.07. The van der Waals surface area contributed by atoms with Gasteiger partial charge in [0.1, 0.15) is 0 Å². The molecule has 5 nitrogen and oxygen atoms in total. The van der Waals surface area contributed by atoms with Gasteiger partial charge in [0.2, 0.25) is 10.0 Å². The number of rotatable bonds is 3. The van der Waals surface area contributed by atoms with Gasteiger partial charge in [-0.1, -0.05) is 6.07 Å². The minimum Gasteiger partial charge on any atom is -0.399 e. The van der Waals surface area contributed by atoms with Gasteiger partial charge in [-0.3, -0.25) is 0 Å². The van der Waals surface area contributed by atoms with Crippen LogP contribution in [0.2, 0.25) is 0 Å². The van der Waals surface area contributed by atoms with E-state index >= 15 is 0 Å². The molecule has 1 aromatic rings. The van der Waals surface area contributed by atoms with Crippen LogP contribution in [-0.4, -0.2) is 37.0 Å². The van der Waals surface area contributed by atoms with Crippen LogP contribution in [0.5, 0.6) is 0 Å². The van der Waals surface area contributed by atoms with Gasteiger partial charge in [-0.2, -0.15) is 4.31 Å². The Labute approximate surface area is 107 Å². The predicted molar refractivity (Wildman–Crippen MR) is 69.6 cm³/mol. The van der Waals surface area contributed by atoms with Crippen molar-refractivity contribution in [1.29, 1.82) is 0 Å². The first-order valence-electron chi connectivity index (χ1n) is 5.95. The van der Waals surface area contributed by atoms with Gasteiger partial charge in [-0.15, -0.1) is 0 Å². The molecule has 1 aliphatic heterocycles. The minimum atomic E-state index is -3.56. The summed E-state index contributed by atoms with van der Waals surface area (Å²) >= 11 is 0. The Bertz CT molecular complexity index is 542. The molecule has 100 valence electrons. The number of nitrogen functional groups attached to an aromatic ring is 1. The molecule has 2 rings (SSSR count). The van der Waals surface area contributed by atoms with E-state index in [1.54, 1.807) is 19.1 Å². The van der Waals surface area contributed by atoms with Crippen LogP contribution in [0.15, 0.2) is 23.1 Å². The first kappa shape index (κ1) is 13.3. The second-order valence-corrected chi connectivity index (χ2v) is 6.48. The molecule has 0 aromatic heterocycles. The molecule has 1 heterocycles. The molecule has 1 aromatic carbocycles. The maximum absolute atomic E-state index is 12.5. The highest BCUT2D eigenvalue weighted by Gasteiger charge is 2.35. The lowest BCUT2D eigenvalue weighted by atomic mass is 10.2. The van der Waals surface area contributed by atoms with Crippen LogP contribution in [0.4, 0.5) is 5.69 Å². The molecule has 6 heteroatoms. The molecular weight excluding hydrogens is 252 g/mol. The Morgan fingerprint density at radius 2 is 2.22 bits per heavy atom. The molecule has 0 saturated carbocycles. The molecule has 0 amide bonds. The summed E-state index contributed by atoms with van der Waals surface area (Å²) in [5, 5.41) is 9.24. The van der Waals surface area contributed by atoms with Crippen molar-refractivity contribution in [1.82, 2.24) is 4.31 Å². The van der Waals surface area contributed by atoms with Gasteiger partial charge >= 0.3 is 0 Å². The van der Waals surface area contributed by atoms with Crippen molar-refractivity contribution in [2.24, 2.45) is 0 Å². The molecular formula is C12H18N2O3S. The Morgan fingerprint density at radius 1 is 1.50 bits per heavy atom.